The van der Waals surface area contributed by atoms with E-state index >= 15 is 0 Å². The zero-order chi connectivity index (χ0) is 23.8. The molecule has 1 aromatic carbocycles. The van der Waals surface area contributed by atoms with Crippen molar-refractivity contribution < 1.29 is 22.8 Å². The van der Waals surface area contributed by atoms with E-state index in [1.165, 1.54) is 50.3 Å². The molecule has 2 aliphatic heterocycles. The number of hydrogen-bond donors (Lipinski definition) is 0. The summed E-state index contributed by atoms with van der Waals surface area (Å²) in [6.45, 7) is 5.08. The van der Waals surface area contributed by atoms with Crippen LogP contribution < -0.4 is 0 Å². The van der Waals surface area contributed by atoms with Gasteiger partial charge in [-0.2, -0.15) is 0 Å². The Hall–Kier alpha value is -2.42. The molecule has 1 saturated carbocycles. The van der Waals surface area contributed by atoms with E-state index in [0.29, 0.717) is 38.5 Å². The Balaban J connectivity index is 1.36. The second kappa shape index (κ2) is 9.44. The zero-order valence-electron chi connectivity index (χ0n) is 19.5. The van der Waals surface area contributed by atoms with Crippen molar-refractivity contribution in [3.63, 3.8) is 0 Å². The number of piperazine rings is 1. The summed E-state index contributed by atoms with van der Waals surface area (Å²) in [5.74, 6) is -0.0131. The molecule has 0 N–H and O–H groups in total. The molecule has 2 heterocycles. The van der Waals surface area contributed by atoms with E-state index in [-0.39, 0.29) is 27.8 Å². The van der Waals surface area contributed by atoms with Crippen molar-refractivity contribution in [3.05, 3.63) is 29.3 Å². The number of amides is 3. The SMILES string of the molecule is CC(C)N1C(=O)c2ccc(C(=O)N3CCN(C(=O)CCC4CCCCC4)CC3)cc2S1(=O)=O. The highest BCUT2D eigenvalue weighted by Gasteiger charge is 2.43. The summed E-state index contributed by atoms with van der Waals surface area (Å²) in [7, 11) is -3.96. The van der Waals surface area contributed by atoms with Crippen LogP contribution in [0.15, 0.2) is 23.1 Å². The van der Waals surface area contributed by atoms with Crippen molar-refractivity contribution in [2.45, 2.75) is 69.7 Å². The molecule has 0 unspecified atom stereocenters. The number of sulfonamides is 1. The standard InChI is InChI=1S/C24H33N3O5S/c1-17(2)27-24(30)20-10-9-19(16-21(20)33(27,31)32)23(29)26-14-12-25(13-15-26)22(28)11-8-18-6-4-3-5-7-18/h9-10,16-18H,3-8,11-15H2,1-2H3. The van der Waals surface area contributed by atoms with Gasteiger partial charge in [-0.25, -0.2) is 12.7 Å². The molecule has 2 fully saturated rings. The summed E-state index contributed by atoms with van der Waals surface area (Å²) in [6, 6.07) is 3.75. The lowest BCUT2D eigenvalue weighted by Gasteiger charge is -2.35. The molecular formula is C24H33N3O5S. The molecule has 180 valence electrons. The Morgan fingerprint density at radius 2 is 1.64 bits per heavy atom. The fraction of sp³-hybridized carbons (Fsp3) is 0.625. The van der Waals surface area contributed by atoms with Crippen LogP contribution in [-0.2, 0) is 14.8 Å². The van der Waals surface area contributed by atoms with Gasteiger partial charge in [-0.3, -0.25) is 14.4 Å². The lowest BCUT2D eigenvalue weighted by molar-refractivity contribution is -0.133. The number of carbonyl (C=O) groups excluding carboxylic acids is 3. The molecule has 0 aromatic heterocycles. The van der Waals surface area contributed by atoms with Gasteiger partial charge in [-0.1, -0.05) is 32.1 Å². The summed E-state index contributed by atoms with van der Waals surface area (Å²) in [5.41, 5.74) is 0.349. The van der Waals surface area contributed by atoms with Crippen LogP contribution in [0.2, 0.25) is 0 Å². The molecule has 3 aliphatic rings. The zero-order valence-corrected chi connectivity index (χ0v) is 20.3. The van der Waals surface area contributed by atoms with Crippen LogP contribution in [-0.4, -0.2) is 72.5 Å². The van der Waals surface area contributed by atoms with Gasteiger partial charge in [0.1, 0.15) is 4.90 Å². The Morgan fingerprint density at radius 1 is 1.00 bits per heavy atom. The van der Waals surface area contributed by atoms with Crippen molar-refractivity contribution >= 4 is 27.7 Å². The van der Waals surface area contributed by atoms with Gasteiger partial charge in [0.2, 0.25) is 5.91 Å². The first-order chi connectivity index (χ1) is 15.7. The largest absolute Gasteiger partial charge is 0.339 e. The molecule has 0 radical (unpaired) electrons. The van der Waals surface area contributed by atoms with E-state index in [4.69, 9.17) is 0 Å². The molecule has 3 amide bonds. The van der Waals surface area contributed by atoms with Gasteiger partial charge in [0.15, 0.2) is 0 Å². The lowest BCUT2D eigenvalue weighted by atomic mass is 9.86. The van der Waals surface area contributed by atoms with Gasteiger partial charge in [0.05, 0.1) is 5.56 Å². The third-order valence-corrected chi connectivity index (χ3v) is 9.07. The number of carbonyl (C=O) groups is 3. The molecular weight excluding hydrogens is 442 g/mol. The molecule has 0 atom stereocenters. The monoisotopic (exact) mass is 475 g/mol. The van der Waals surface area contributed by atoms with E-state index in [9.17, 15) is 22.8 Å². The van der Waals surface area contributed by atoms with Crippen LogP contribution in [0, 0.1) is 5.92 Å². The van der Waals surface area contributed by atoms with Gasteiger partial charge in [-0.15, -0.1) is 0 Å². The van der Waals surface area contributed by atoms with E-state index in [2.05, 4.69) is 0 Å². The van der Waals surface area contributed by atoms with Gasteiger partial charge < -0.3 is 9.80 Å². The summed E-state index contributed by atoms with van der Waals surface area (Å²) < 4.78 is 26.5. The molecule has 8 nitrogen and oxygen atoms in total. The molecule has 1 aromatic rings. The Kier molecular flexibility index (Phi) is 6.79. The maximum atomic E-state index is 13.0. The second-order valence-electron chi connectivity index (χ2n) is 9.63. The third-order valence-electron chi connectivity index (χ3n) is 7.08. The van der Waals surface area contributed by atoms with Gasteiger partial charge in [0.25, 0.3) is 21.8 Å². The number of hydrogen-bond acceptors (Lipinski definition) is 5. The fourth-order valence-corrected chi connectivity index (χ4v) is 6.99. The highest BCUT2D eigenvalue weighted by atomic mass is 32.2. The first-order valence-electron chi connectivity index (χ1n) is 12.0. The normalized spacial score (nSPS) is 20.9. The van der Waals surface area contributed by atoms with E-state index in [1.807, 2.05) is 4.90 Å². The Labute approximate surface area is 196 Å². The predicted molar refractivity (Wildman–Crippen MR) is 123 cm³/mol. The number of fused-ring (bicyclic) bond motifs is 1. The van der Waals surface area contributed by atoms with Crippen molar-refractivity contribution in [1.82, 2.24) is 14.1 Å². The molecule has 1 aliphatic carbocycles. The summed E-state index contributed by atoms with van der Waals surface area (Å²) in [6.07, 6.45) is 7.83. The molecule has 4 rings (SSSR count). The van der Waals surface area contributed by atoms with Crippen LogP contribution in [0.3, 0.4) is 0 Å². The minimum atomic E-state index is -3.96. The Bertz CT molecular complexity index is 1040. The highest BCUT2D eigenvalue weighted by molar-refractivity contribution is 7.90. The number of rotatable bonds is 5. The minimum Gasteiger partial charge on any atom is -0.339 e. The van der Waals surface area contributed by atoms with E-state index in [0.717, 1.165) is 10.7 Å². The summed E-state index contributed by atoms with van der Waals surface area (Å²) >= 11 is 0. The van der Waals surface area contributed by atoms with Crippen LogP contribution in [0.5, 0.6) is 0 Å². The molecule has 33 heavy (non-hydrogen) atoms. The highest BCUT2D eigenvalue weighted by Crippen LogP contribution is 2.33. The molecule has 9 heteroatoms. The number of nitrogens with zero attached hydrogens (tertiary/aromatic N) is 3. The average Bonchev–Trinajstić information content (AvgIpc) is 3.02. The van der Waals surface area contributed by atoms with Gasteiger partial charge in [-0.05, 0) is 44.4 Å². The average molecular weight is 476 g/mol. The van der Waals surface area contributed by atoms with Crippen LogP contribution in [0.25, 0.3) is 0 Å². The van der Waals surface area contributed by atoms with Crippen LogP contribution in [0.1, 0.15) is 79.5 Å². The topological polar surface area (TPSA) is 95.1 Å². The van der Waals surface area contributed by atoms with Crippen LogP contribution >= 0.6 is 0 Å². The van der Waals surface area contributed by atoms with Gasteiger partial charge in [0, 0.05) is 44.2 Å². The maximum absolute atomic E-state index is 13.0. The quantitative estimate of drug-likeness (QED) is 0.653. The summed E-state index contributed by atoms with van der Waals surface area (Å²) in [5, 5.41) is 0. The predicted octanol–water partition coefficient (Wildman–Crippen LogP) is 2.88. The molecule has 0 bridgehead atoms. The van der Waals surface area contributed by atoms with Crippen molar-refractivity contribution in [2.24, 2.45) is 5.92 Å². The van der Waals surface area contributed by atoms with Gasteiger partial charge >= 0.3 is 0 Å². The smallest absolute Gasteiger partial charge is 0.269 e. The second-order valence-corrected chi connectivity index (χ2v) is 11.4. The van der Waals surface area contributed by atoms with Crippen LogP contribution in [0.4, 0.5) is 0 Å². The number of benzene rings is 1. The van der Waals surface area contributed by atoms with Crippen molar-refractivity contribution in [1.29, 1.82) is 0 Å². The molecule has 1 saturated heterocycles. The first kappa shape index (κ1) is 23.7. The summed E-state index contributed by atoms with van der Waals surface area (Å²) in [4.78, 5) is 41.5. The van der Waals surface area contributed by atoms with Crippen molar-refractivity contribution in [3.8, 4) is 0 Å². The van der Waals surface area contributed by atoms with Crippen molar-refractivity contribution in [2.75, 3.05) is 26.2 Å². The Morgan fingerprint density at radius 3 is 2.27 bits per heavy atom. The van der Waals surface area contributed by atoms with E-state index in [1.54, 1.807) is 18.7 Å². The third kappa shape index (κ3) is 4.65. The minimum absolute atomic E-state index is 0.105. The maximum Gasteiger partial charge on any atom is 0.269 e. The first-order valence-corrected chi connectivity index (χ1v) is 13.4. The fourth-order valence-electron chi connectivity index (χ4n) is 5.19. The lowest BCUT2D eigenvalue weighted by Crippen LogP contribution is -2.50. The van der Waals surface area contributed by atoms with E-state index < -0.39 is 22.0 Å². The molecule has 0 spiro atoms.